The van der Waals surface area contributed by atoms with Crippen LogP contribution in [0.5, 0.6) is 0 Å². The quantitative estimate of drug-likeness (QED) is 0.299. The van der Waals surface area contributed by atoms with E-state index in [9.17, 15) is 13.2 Å². The van der Waals surface area contributed by atoms with Crippen LogP contribution in [0.3, 0.4) is 0 Å². The number of benzene rings is 1. The molecule has 2 heterocycles. The Balaban J connectivity index is 1.52. The second-order valence-electron chi connectivity index (χ2n) is 5.99. The van der Waals surface area contributed by atoms with Crippen molar-refractivity contribution in [3.8, 4) is 0 Å². The number of nitrogen functional groups attached to an aromatic ring is 2. The van der Waals surface area contributed by atoms with Gasteiger partial charge in [-0.2, -0.15) is 0 Å². The number of anilines is 4. The molecule has 3 aromatic rings. The van der Waals surface area contributed by atoms with E-state index in [0.717, 1.165) is 0 Å². The molecule has 6 N–H and O–H groups in total. The molecule has 0 spiro atoms. The van der Waals surface area contributed by atoms with Crippen molar-refractivity contribution in [3.05, 3.63) is 54.7 Å². The van der Waals surface area contributed by atoms with Gasteiger partial charge in [0.25, 0.3) is 10.0 Å². The lowest BCUT2D eigenvalue weighted by molar-refractivity contribution is -0.115. The molecule has 2 aromatic heterocycles. The summed E-state index contributed by atoms with van der Waals surface area (Å²) >= 11 is 1.26. The number of thioether (sulfide) groups is 1. The maximum atomic E-state index is 12.4. The highest BCUT2D eigenvalue weighted by molar-refractivity contribution is 7.99. The van der Waals surface area contributed by atoms with E-state index in [1.807, 2.05) is 0 Å². The molecular weight excluding hydrogens is 426 g/mol. The number of pyridine rings is 1. The third-order valence-electron chi connectivity index (χ3n) is 3.66. The first-order valence-corrected chi connectivity index (χ1v) is 11.2. The second-order valence-corrected chi connectivity index (χ2v) is 8.74. The van der Waals surface area contributed by atoms with Crippen molar-refractivity contribution < 1.29 is 13.2 Å². The zero-order valence-electron chi connectivity index (χ0n) is 15.6. The molecule has 156 valence electrons. The van der Waals surface area contributed by atoms with Gasteiger partial charge in [-0.3, -0.25) is 9.52 Å². The zero-order chi connectivity index (χ0) is 21.6. The van der Waals surface area contributed by atoms with Crippen molar-refractivity contribution >= 4 is 50.8 Å². The van der Waals surface area contributed by atoms with Gasteiger partial charge in [0.05, 0.1) is 4.90 Å². The Morgan fingerprint density at radius 3 is 2.37 bits per heavy atom. The summed E-state index contributed by atoms with van der Waals surface area (Å²) in [7, 11) is -3.77. The van der Waals surface area contributed by atoms with Gasteiger partial charge in [0, 0.05) is 30.1 Å². The molecule has 12 heteroatoms. The van der Waals surface area contributed by atoms with E-state index in [0.29, 0.717) is 16.6 Å². The molecule has 30 heavy (non-hydrogen) atoms. The minimum absolute atomic E-state index is 0.0538. The molecule has 0 bridgehead atoms. The van der Waals surface area contributed by atoms with Gasteiger partial charge in [0.15, 0.2) is 5.16 Å². The van der Waals surface area contributed by atoms with Crippen LogP contribution in [0.2, 0.25) is 0 Å². The summed E-state index contributed by atoms with van der Waals surface area (Å²) in [5.41, 5.74) is 11.7. The van der Waals surface area contributed by atoms with E-state index in [-0.39, 0.29) is 34.7 Å². The highest BCUT2D eigenvalue weighted by Gasteiger charge is 2.15. The van der Waals surface area contributed by atoms with Gasteiger partial charge in [0.2, 0.25) is 5.91 Å². The molecule has 3 rings (SSSR count). The van der Waals surface area contributed by atoms with Gasteiger partial charge in [0.1, 0.15) is 17.5 Å². The van der Waals surface area contributed by atoms with E-state index in [1.54, 1.807) is 18.2 Å². The van der Waals surface area contributed by atoms with Gasteiger partial charge < -0.3 is 16.8 Å². The van der Waals surface area contributed by atoms with Crippen LogP contribution in [-0.4, -0.2) is 35.0 Å². The third-order valence-corrected chi connectivity index (χ3v) is 5.88. The van der Waals surface area contributed by atoms with Crippen molar-refractivity contribution in [1.29, 1.82) is 0 Å². The summed E-state index contributed by atoms with van der Waals surface area (Å²) in [4.78, 5) is 24.2. The minimum atomic E-state index is -3.77. The fourth-order valence-corrected chi connectivity index (χ4v) is 4.14. The van der Waals surface area contributed by atoms with Gasteiger partial charge in [-0.25, -0.2) is 23.4 Å². The Bertz CT molecular complexity index is 1100. The fraction of sp³-hybridized carbons (Fsp3) is 0.111. The molecule has 0 radical (unpaired) electrons. The van der Waals surface area contributed by atoms with Crippen LogP contribution in [0.25, 0.3) is 0 Å². The molecule has 10 nitrogen and oxygen atoms in total. The molecule has 0 saturated heterocycles. The standard InChI is InChI=1S/C18H19N7O3S2/c19-14-11-15(20)24-18(23-14)29-10-8-17(26)22-12-4-6-13(7-5-12)30(27,28)25-16-3-1-2-9-21-16/h1-7,9,11H,8,10H2,(H,21,25)(H,22,26)(H4,19,20,23,24). The molecule has 0 aliphatic carbocycles. The van der Waals surface area contributed by atoms with Crippen molar-refractivity contribution in [2.75, 3.05) is 27.3 Å². The fourth-order valence-electron chi connectivity index (χ4n) is 2.32. The van der Waals surface area contributed by atoms with Crippen LogP contribution in [0.1, 0.15) is 6.42 Å². The molecule has 0 aliphatic rings. The number of rotatable bonds is 8. The maximum Gasteiger partial charge on any atom is 0.263 e. The molecule has 0 atom stereocenters. The topological polar surface area (TPSA) is 166 Å². The lowest BCUT2D eigenvalue weighted by atomic mass is 10.3. The summed E-state index contributed by atoms with van der Waals surface area (Å²) in [6.45, 7) is 0. The summed E-state index contributed by atoms with van der Waals surface area (Å²) in [6, 6.07) is 12.2. The predicted octanol–water partition coefficient (Wildman–Crippen LogP) is 1.96. The van der Waals surface area contributed by atoms with Crippen molar-refractivity contribution in [2.45, 2.75) is 16.5 Å². The van der Waals surface area contributed by atoms with Crippen LogP contribution in [-0.2, 0) is 14.8 Å². The number of amides is 1. The Labute approximate surface area is 177 Å². The van der Waals surface area contributed by atoms with Gasteiger partial charge in [-0.05, 0) is 36.4 Å². The number of carbonyl (C=O) groups excluding carboxylic acids is 1. The van der Waals surface area contributed by atoms with Crippen LogP contribution < -0.4 is 21.5 Å². The Morgan fingerprint density at radius 1 is 1.03 bits per heavy atom. The van der Waals surface area contributed by atoms with E-state index in [4.69, 9.17) is 11.5 Å². The van der Waals surface area contributed by atoms with Crippen LogP contribution in [0.4, 0.5) is 23.1 Å². The summed E-state index contributed by atoms with van der Waals surface area (Å²) in [5.74, 6) is 0.943. The maximum absolute atomic E-state index is 12.4. The van der Waals surface area contributed by atoms with Crippen LogP contribution in [0, 0.1) is 0 Å². The number of aromatic nitrogens is 3. The zero-order valence-corrected chi connectivity index (χ0v) is 17.3. The smallest absolute Gasteiger partial charge is 0.263 e. The van der Waals surface area contributed by atoms with Gasteiger partial charge in [-0.15, -0.1) is 0 Å². The minimum Gasteiger partial charge on any atom is -0.383 e. The summed E-state index contributed by atoms with van der Waals surface area (Å²) < 4.78 is 27.2. The largest absolute Gasteiger partial charge is 0.383 e. The number of carbonyl (C=O) groups is 1. The van der Waals surface area contributed by atoms with Crippen LogP contribution >= 0.6 is 11.8 Å². The van der Waals surface area contributed by atoms with Gasteiger partial charge in [-0.1, -0.05) is 17.8 Å². The number of nitrogens with two attached hydrogens (primary N) is 2. The monoisotopic (exact) mass is 445 g/mol. The molecule has 0 saturated carbocycles. The third kappa shape index (κ3) is 6.06. The highest BCUT2D eigenvalue weighted by Crippen LogP contribution is 2.19. The number of hydrogen-bond donors (Lipinski definition) is 4. The first-order valence-electron chi connectivity index (χ1n) is 8.68. The van der Waals surface area contributed by atoms with Crippen molar-refractivity contribution in [1.82, 2.24) is 15.0 Å². The average Bonchev–Trinajstić information content (AvgIpc) is 2.68. The number of hydrogen-bond acceptors (Lipinski definition) is 9. The van der Waals surface area contributed by atoms with Gasteiger partial charge >= 0.3 is 0 Å². The normalized spacial score (nSPS) is 11.1. The first kappa shape index (κ1) is 21.3. The SMILES string of the molecule is Nc1cc(N)nc(SCCC(=O)Nc2ccc(S(=O)(=O)Nc3ccccn3)cc2)n1. The lowest BCUT2D eigenvalue weighted by Crippen LogP contribution is -2.15. The molecule has 1 amide bonds. The molecule has 0 fully saturated rings. The Kier molecular flexibility index (Phi) is 6.69. The number of nitrogens with zero attached hydrogens (tertiary/aromatic N) is 3. The van der Waals surface area contributed by atoms with Crippen molar-refractivity contribution in [2.24, 2.45) is 0 Å². The Morgan fingerprint density at radius 2 is 1.73 bits per heavy atom. The summed E-state index contributed by atoms with van der Waals surface area (Å²) in [6.07, 6.45) is 1.69. The molecule has 0 unspecified atom stereocenters. The predicted molar refractivity (Wildman–Crippen MR) is 116 cm³/mol. The number of sulfonamides is 1. The van der Waals surface area contributed by atoms with Crippen molar-refractivity contribution in [3.63, 3.8) is 0 Å². The Hall–Kier alpha value is -3.38. The average molecular weight is 446 g/mol. The number of nitrogens with one attached hydrogen (secondary N) is 2. The molecular formula is C18H19N7O3S2. The van der Waals surface area contributed by atoms with E-state index in [1.165, 1.54) is 48.3 Å². The highest BCUT2D eigenvalue weighted by atomic mass is 32.2. The lowest BCUT2D eigenvalue weighted by Gasteiger charge is -2.09. The van der Waals surface area contributed by atoms with E-state index >= 15 is 0 Å². The summed E-state index contributed by atoms with van der Waals surface area (Å²) in [5, 5.41) is 3.11. The second kappa shape index (κ2) is 9.41. The first-order chi connectivity index (χ1) is 14.3. The molecule has 0 aliphatic heterocycles. The van der Waals surface area contributed by atoms with E-state index in [2.05, 4.69) is 25.0 Å². The van der Waals surface area contributed by atoms with E-state index < -0.39 is 10.0 Å². The van der Waals surface area contributed by atoms with Crippen LogP contribution in [0.15, 0.2) is 64.8 Å². The molecule has 1 aromatic carbocycles.